The van der Waals surface area contributed by atoms with Crippen LogP contribution in [0.4, 0.5) is 0 Å². The van der Waals surface area contributed by atoms with Gasteiger partial charge in [-0.15, -0.1) is 0 Å². The Labute approximate surface area is 91.1 Å². The molecule has 0 unspecified atom stereocenters. The van der Waals surface area contributed by atoms with Gasteiger partial charge in [-0.25, -0.2) is 4.98 Å². The van der Waals surface area contributed by atoms with E-state index in [1.807, 2.05) is 28.8 Å². The lowest BCUT2D eigenvalue weighted by molar-refractivity contribution is 1.16. The van der Waals surface area contributed by atoms with E-state index >= 15 is 0 Å². The summed E-state index contributed by atoms with van der Waals surface area (Å²) in [5.41, 5.74) is 1.89. The van der Waals surface area contributed by atoms with E-state index in [9.17, 15) is 0 Å². The molecule has 14 heavy (non-hydrogen) atoms. The van der Waals surface area contributed by atoms with Gasteiger partial charge in [0.25, 0.3) is 0 Å². The van der Waals surface area contributed by atoms with Gasteiger partial charge in [0, 0.05) is 17.9 Å². The Bertz CT molecular complexity index is 490. The second-order valence-electron chi connectivity index (χ2n) is 2.81. The molecule has 2 heterocycles. The van der Waals surface area contributed by atoms with Gasteiger partial charge in [-0.3, -0.25) is 4.40 Å². The number of nitrogens with zero attached hydrogens (tertiary/aromatic N) is 2. The summed E-state index contributed by atoms with van der Waals surface area (Å²) in [7, 11) is 0. The van der Waals surface area contributed by atoms with E-state index in [1.54, 1.807) is 6.20 Å². The lowest BCUT2D eigenvalue weighted by Crippen LogP contribution is -1.85. The highest BCUT2D eigenvalue weighted by Crippen LogP contribution is 2.04. The first-order valence-corrected chi connectivity index (χ1v) is 5.51. The number of halogens is 1. The van der Waals surface area contributed by atoms with Gasteiger partial charge in [-0.05, 0) is 18.1 Å². The Morgan fingerprint density at radius 1 is 1.43 bits per heavy atom. The molecule has 0 N–H and O–H groups in total. The van der Waals surface area contributed by atoms with Crippen LogP contribution in [0, 0.1) is 11.8 Å². The highest BCUT2D eigenvalue weighted by molar-refractivity contribution is 9.09. The maximum absolute atomic E-state index is 4.25. The fourth-order valence-electron chi connectivity index (χ4n) is 1.23. The SMILES string of the molecule is BrCCC#Cc1cnc2ccccn12. The molecular weight excluding hydrogens is 240 g/mol. The first-order valence-electron chi connectivity index (χ1n) is 4.39. The number of hydrogen-bond acceptors (Lipinski definition) is 1. The molecule has 0 saturated heterocycles. The molecule has 0 bridgehead atoms. The van der Waals surface area contributed by atoms with Gasteiger partial charge in [-0.2, -0.15) is 0 Å². The molecule has 0 aliphatic heterocycles. The Hall–Kier alpha value is -1.27. The molecule has 0 aliphatic rings. The molecule has 0 spiro atoms. The Morgan fingerprint density at radius 2 is 2.36 bits per heavy atom. The third kappa shape index (κ3) is 1.80. The molecule has 0 radical (unpaired) electrons. The maximum atomic E-state index is 4.25. The zero-order valence-electron chi connectivity index (χ0n) is 7.57. The number of hydrogen-bond donors (Lipinski definition) is 0. The Balaban J connectivity index is 2.40. The van der Waals surface area contributed by atoms with Gasteiger partial charge >= 0.3 is 0 Å². The second kappa shape index (κ2) is 4.30. The van der Waals surface area contributed by atoms with Gasteiger partial charge in [0.1, 0.15) is 11.3 Å². The standard InChI is InChI=1S/C11H9BrN2/c12-7-3-1-5-10-9-13-11-6-2-4-8-14(10)11/h2,4,6,8-9H,3,7H2. The Kier molecular flexibility index (Phi) is 2.85. The zero-order valence-corrected chi connectivity index (χ0v) is 9.16. The minimum atomic E-state index is 0.861. The summed E-state index contributed by atoms with van der Waals surface area (Å²) in [5, 5.41) is 0.913. The van der Waals surface area contributed by atoms with Gasteiger partial charge in [0.05, 0.1) is 6.20 Å². The molecular formula is C11H9BrN2. The minimum absolute atomic E-state index is 0.861. The summed E-state index contributed by atoms with van der Waals surface area (Å²) in [6.45, 7) is 0. The van der Waals surface area contributed by atoms with Gasteiger partial charge in [0.2, 0.25) is 0 Å². The topological polar surface area (TPSA) is 17.3 Å². The monoisotopic (exact) mass is 248 g/mol. The largest absolute Gasteiger partial charge is 0.293 e. The van der Waals surface area contributed by atoms with Crippen LogP contribution in [0.5, 0.6) is 0 Å². The summed E-state index contributed by atoms with van der Waals surface area (Å²) >= 11 is 3.34. The lowest BCUT2D eigenvalue weighted by Gasteiger charge is -1.91. The molecule has 0 fully saturated rings. The molecule has 0 atom stereocenters. The molecule has 2 aromatic rings. The summed E-state index contributed by atoms with van der Waals surface area (Å²) in [4.78, 5) is 4.25. The van der Waals surface area contributed by atoms with Crippen molar-refractivity contribution >= 4 is 21.6 Å². The van der Waals surface area contributed by atoms with Crippen molar-refractivity contribution in [3.05, 3.63) is 36.3 Å². The molecule has 2 rings (SSSR count). The average molecular weight is 249 g/mol. The lowest BCUT2D eigenvalue weighted by atomic mass is 10.4. The molecule has 2 nitrogen and oxygen atoms in total. The molecule has 3 heteroatoms. The fourth-order valence-corrected chi connectivity index (χ4v) is 1.42. The number of imidazole rings is 1. The molecule has 0 amide bonds. The number of alkyl halides is 1. The average Bonchev–Trinajstić information content (AvgIpc) is 2.63. The Morgan fingerprint density at radius 3 is 3.21 bits per heavy atom. The number of aromatic nitrogens is 2. The third-order valence-electron chi connectivity index (χ3n) is 1.85. The summed E-state index contributed by atoms with van der Waals surface area (Å²) < 4.78 is 1.99. The van der Waals surface area contributed by atoms with Crippen molar-refractivity contribution in [2.24, 2.45) is 0 Å². The first-order chi connectivity index (χ1) is 6.92. The van der Waals surface area contributed by atoms with E-state index in [2.05, 4.69) is 32.8 Å². The van der Waals surface area contributed by atoms with E-state index < -0.39 is 0 Å². The van der Waals surface area contributed by atoms with Crippen LogP contribution in [-0.4, -0.2) is 14.7 Å². The smallest absolute Gasteiger partial charge is 0.137 e. The van der Waals surface area contributed by atoms with Crippen LogP contribution in [0.15, 0.2) is 30.6 Å². The van der Waals surface area contributed by atoms with Crippen molar-refractivity contribution < 1.29 is 0 Å². The number of pyridine rings is 1. The normalized spacial score (nSPS) is 9.79. The second-order valence-corrected chi connectivity index (χ2v) is 3.61. The van der Waals surface area contributed by atoms with Crippen LogP contribution in [0.2, 0.25) is 0 Å². The van der Waals surface area contributed by atoms with Crippen molar-refractivity contribution in [1.29, 1.82) is 0 Å². The van der Waals surface area contributed by atoms with Crippen molar-refractivity contribution in [2.45, 2.75) is 6.42 Å². The highest BCUT2D eigenvalue weighted by atomic mass is 79.9. The highest BCUT2D eigenvalue weighted by Gasteiger charge is 1.96. The quantitative estimate of drug-likeness (QED) is 0.560. The third-order valence-corrected chi connectivity index (χ3v) is 2.25. The molecule has 2 aromatic heterocycles. The minimum Gasteiger partial charge on any atom is -0.293 e. The van der Waals surface area contributed by atoms with E-state index in [0.717, 1.165) is 23.1 Å². The summed E-state index contributed by atoms with van der Waals surface area (Å²) in [6, 6.07) is 5.91. The number of fused-ring (bicyclic) bond motifs is 1. The maximum Gasteiger partial charge on any atom is 0.137 e. The summed E-state index contributed by atoms with van der Waals surface area (Å²) in [6.07, 6.45) is 4.64. The van der Waals surface area contributed by atoms with Crippen molar-refractivity contribution in [2.75, 3.05) is 5.33 Å². The molecule has 0 saturated carbocycles. The van der Waals surface area contributed by atoms with E-state index in [1.165, 1.54) is 0 Å². The molecule has 70 valence electrons. The van der Waals surface area contributed by atoms with Crippen LogP contribution < -0.4 is 0 Å². The van der Waals surface area contributed by atoms with Crippen LogP contribution >= 0.6 is 15.9 Å². The van der Waals surface area contributed by atoms with Crippen molar-refractivity contribution in [3.63, 3.8) is 0 Å². The van der Waals surface area contributed by atoms with Gasteiger partial charge < -0.3 is 0 Å². The predicted molar refractivity (Wildman–Crippen MR) is 60.5 cm³/mol. The van der Waals surface area contributed by atoms with Crippen LogP contribution in [0.25, 0.3) is 5.65 Å². The van der Waals surface area contributed by atoms with Crippen LogP contribution in [0.1, 0.15) is 12.1 Å². The van der Waals surface area contributed by atoms with Crippen LogP contribution in [-0.2, 0) is 0 Å². The first kappa shape index (κ1) is 9.29. The fraction of sp³-hybridized carbons (Fsp3) is 0.182. The summed E-state index contributed by atoms with van der Waals surface area (Å²) in [5.74, 6) is 6.16. The van der Waals surface area contributed by atoms with Gasteiger partial charge in [0.15, 0.2) is 0 Å². The van der Waals surface area contributed by atoms with Crippen molar-refractivity contribution in [1.82, 2.24) is 9.38 Å². The molecule has 0 aliphatic carbocycles. The van der Waals surface area contributed by atoms with Gasteiger partial charge in [-0.1, -0.05) is 27.9 Å². The zero-order chi connectivity index (χ0) is 9.80. The predicted octanol–water partition coefficient (Wildman–Crippen LogP) is 2.47. The van der Waals surface area contributed by atoms with E-state index in [4.69, 9.17) is 0 Å². The van der Waals surface area contributed by atoms with Crippen LogP contribution in [0.3, 0.4) is 0 Å². The number of rotatable bonds is 1. The van der Waals surface area contributed by atoms with E-state index in [0.29, 0.717) is 0 Å². The van der Waals surface area contributed by atoms with Crippen molar-refractivity contribution in [3.8, 4) is 11.8 Å². The molecule has 0 aromatic carbocycles. The van der Waals surface area contributed by atoms with E-state index in [-0.39, 0.29) is 0 Å².